The normalized spacial score (nSPS) is 13.4. The van der Waals surface area contributed by atoms with E-state index in [1.165, 1.54) is 0 Å². The Hall–Kier alpha value is -0.370. The van der Waals surface area contributed by atoms with Crippen LogP contribution in [0.1, 0.15) is 40.5 Å². The smallest absolute Gasteiger partial charge is 0.149 e. The molecule has 0 heterocycles. The van der Waals surface area contributed by atoms with E-state index in [1.54, 1.807) is 0 Å². The Bertz CT molecular complexity index is 132. The summed E-state index contributed by atoms with van der Waals surface area (Å²) < 4.78 is 0. The fraction of sp³-hybridized carbons (Fsp3) is 0.900. The van der Waals surface area contributed by atoms with E-state index in [2.05, 4.69) is 19.2 Å². The topological polar surface area (TPSA) is 29.1 Å². The molecule has 1 atom stereocenters. The molecule has 1 N–H and O–H groups in total. The second-order valence-corrected chi connectivity index (χ2v) is 3.56. The lowest BCUT2D eigenvalue weighted by atomic mass is 9.99. The summed E-state index contributed by atoms with van der Waals surface area (Å²) in [5.41, 5.74) is 0. The number of likely N-dealkylation sites (N-methyl/N-ethyl adjacent to an activating group) is 1. The highest BCUT2D eigenvalue weighted by Crippen LogP contribution is 2.06. The summed E-state index contributed by atoms with van der Waals surface area (Å²) in [5.74, 6) is 0.926. The zero-order valence-electron chi connectivity index (χ0n) is 8.68. The van der Waals surface area contributed by atoms with Crippen LogP contribution in [0.4, 0.5) is 0 Å². The van der Waals surface area contributed by atoms with Crippen molar-refractivity contribution in [1.29, 1.82) is 0 Å². The van der Waals surface area contributed by atoms with Crippen molar-refractivity contribution in [2.24, 2.45) is 5.92 Å². The number of nitrogens with one attached hydrogen (secondary N) is 1. The largest absolute Gasteiger partial charge is 0.308 e. The van der Waals surface area contributed by atoms with Crippen molar-refractivity contribution in [1.82, 2.24) is 5.32 Å². The van der Waals surface area contributed by atoms with Gasteiger partial charge in [0.05, 0.1) is 6.04 Å². The summed E-state index contributed by atoms with van der Waals surface area (Å²) >= 11 is 0. The molecule has 2 nitrogen and oxygen atoms in total. The average molecular weight is 171 g/mol. The molecule has 0 aromatic rings. The van der Waals surface area contributed by atoms with E-state index >= 15 is 0 Å². The molecule has 0 aliphatic rings. The maximum absolute atomic E-state index is 11.4. The summed E-state index contributed by atoms with van der Waals surface area (Å²) in [6.45, 7) is 9.13. The van der Waals surface area contributed by atoms with Gasteiger partial charge < -0.3 is 5.32 Å². The Balaban J connectivity index is 3.94. The van der Waals surface area contributed by atoms with Crippen LogP contribution in [0.2, 0.25) is 0 Å². The molecular weight excluding hydrogens is 150 g/mol. The monoisotopic (exact) mass is 171 g/mol. The first-order chi connectivity index (χ1) is 5.61. The first kappa shape index (κ1) is 11.6. The molecule has 72 valence electrons. The minimum atomic E-state index is 0.0833. The molecule has 0 unspecified atom stereocenters. The lowest BCUT2D eigenvalue weighted by Gasteiger charge is -2.17. The van der Waals surface area contributed by atoms with E-state index in [1.807, 2.05) is 13.8 Å². The maximum atomic E-state index is 11.4. The van der Waals surface area contributed by atoms with Crippen molar-refractivity contribution in [3.63, 3.8) is 0 Å². The fourth-order valence-electron chi connectivity index (χ4n) is 1.29. The Morgan fingerprint density at radius 2 is 1.92 bits per heavy atom. The van der Waals surface area contributed by atoms with Crippen LogP contribution in [0.5, 0.6) is 0 Å². The predicted octanol–water partition coefficient (Wildman–Crippen LogP) is 1.99. The van der Waals surface area contributed by atoms with Crippen molar-refractivity contribution >= 4 is 5.78 Å². The van der Waals surface area contributed by atoms with E-state index in [0.29, 0.717) is 18.1 Å². The fourth-order valence-corrected chi connectivity index (χ4v) is 1.29. The predicted molar refractivity (Wildman–Crippen MR) is 52.2 cm³/mol. The molecule has 0 saturated carbocycles. The summed E-state index contributed by atoms with van der Waals surface area (Å²) in [5, 5.41) is 3.22. The number of carbonyl (C=O) groups is 1. The summed E-state index contributed by atoms with van der Waals surface area (Å²) in [6, 6.07) is 0.0833. The zero-order valence-corrected chi connectivity index (χ0v) is 8.68. The van der Waals surface area contributed by atoms with Gasteiger partial charge in [0.15, 0.2) is 0 Å². The van der Waals surface area contributed by atoms with Crippen LogP contribution in [0.15, 0.2) is 0 Å². The van der Waals surface area contributed by atoms with Gasteiger partial charge >= 0.3 is 0 Å². The molecule has 0 saturated heterocycles. The summed E-state index contributed by atoms with van der Waals surface area (Å²) in [6.07, 6.45) is 1.60. The van der Waals surface area contributed by atoms with E-state index < -0.39 is 0 Å². The van der Waals surface area contributed by atoms with Crippen LogP contribution in [-0.4, -0.2) is 18.4 Å². The first-order valence-corrected chi connectivity index (χ1v) is 4.87. The second-order valence-electron chi connectivity index (χ2n) is 3.56. The van der Waals surface area contributed by atoms with Gasteiger partial charge in [-0.05, 0) is 18.9 Å². The number of Topliss-reactive ketones (excluding diaryl/α,β-unsaturated/α-hetero) is 1. The third-order valence-corrected chi connectivity index (χ3v) is 1.89. The van der Waals surface area contributed by atoms with Crippen molar-refractivity contribution < 1.29 is 4.79 Å². The standard InChI is InChI=1S/C10H21NO/c1-5-10(12)9(11-6-2)7-8(3)4/h8-9,11H,5-7H2,1-4H3/t9-/m0/s1. The number of ketones is 1. The lowest BCUT2D eigenvalue weighted by Crippen LogP contribution is -2.37. The van der Waals surface area contributed by atoms with Crippen LogP contribution >= 0.6 is 0 Å². The quantitative estimate of drug-likeness (QED) is 0.662. The Kier molecular flexibility index (Phi) is 5.99. The molecule has 0 aliphatic heterocycles. The number of rotatable bonds is 6. The van der Waals surface area contributed by atoms with E-state index in [4.69, 9.17) is 0 Å². The van der Waals surface area contributed by atoms with Gasteiger partial charge in [0.1, 0.15) is 5.78 Å². The zero-order chi connectivity index (χ0) is 9.56. The maximum Gasteiger partial charge on any atom is 0.149 e. The van der Waals surface area contributed by atoms with Gasteiger partial charge in [0, 0.05) is 6.42 Å². The highest BCUT2D eigenvalue weighted by atomic mass is 16.1. The lowest BCUT2D eigenvalue weighted by molar-refractivity contribution is -0.121. The Labute approximate surface area is 75.7 Å². The van der Waals surface area contributed by atoms with Crippen LogP contribution in [-0.2, 0) is 4.79 Å². The summed E-state index contributed by atoms with van der Waals surface area (Å²) in [7, 11) is 0. The van der Waals surface area contributed by atoms with Crippen molar-refractivity contribution in [3.8, 4) is 0 Å². The first-order valence-electron chi connectivity index (χ1n) is 4.87. The molecule has 0 fully saturated rings. The van der Waals surface area contributed by atoms with E-state index in [-0.39, 0.29) is 6.04 Å². The Morgan fingerprint density at radius 3 is 2.25 bits per heavy atom. The van der Waals surface area contributed by atoms with Crippen molar-refractivity contribution in [3.05, 3.63) is 0 Å². The van der Waals surface area contributed by atoms with Crippen LogP contribution in [0, 0.1) is 5.92 Å². The van der Waals surface area contributed by atoms with Crippen molar-refractivity contribution in [2.75, 3.05) is 6.54 Å². The van der Waals surface area contributed by atoms with Gasteiger partial charge in [-0.2, -0.15) is 0 Å². The van der Waals surface area contributed by atoms with Crippen LogP contribution in [0.25, 0.3) is 0 Å². The number of hydrogen-bond acceptors (Lipinski definition) is 2. The minimum absolute atomic E-state index is 0.0833. The number of hydrogen-bond donors (Lipinski definition) is 1. The molecule has 0 aliphatic carbocycles. The highest BCUT2D eigenvalue weighted by Gasteiger charge is 2.15. The summed E-state index contributed by atoms with van der Waals surface area (Å²) in [4.78, 5) is 11.4. The van der Waals surface area contributed by atoms with Gasteiger partial charge in [0.25, 0.3) is 0 Å². The molecular formula is C10H21NO. The molecule has 0 amide bonds. The molecule has 0 radical (unpaired) electrons. The molecule has 0 aromatic heterocycles. The second kappa shape index (κ2) is 6.18. The van der Waals surface area contributed by atoms with E-state index in [0.717, 1.165) is 13.0 Å². The molecule has 2 heteroatoms. The third kappa shape index (κ3) is 4.50. The van der Waals surface area contributed by atoms with Crippen LogP contribution in [0.3, 0.4) is 0 Å². The van der Waals surface area contributed by atoms with Crippen LogP contribution < -0.4 is 5.32 Å². The molecule has 0 rings (SSSR count). The number of carbonyl (C=O) groups excluding carboxylic acids is 1. The molecule has 0 spiro atoms. The van der Waals surface area contributed by atoms with Gasteiger partial charge in [-0.15, -0.1) is 0 Å². The van der Waals surface area contributed by atoms with Gasteiger partial charge in [-0.3, -0.25) is 4.79 Å². The SMILES string of the molecule is CCN[C@@H](CC(C)C)C(=O)CC. The molecule has 12 heavy (non-hydrogen) atoms. The van der Waals surface area contributed by atoms with Gasteiger partial charge in [-0.1, -0.05) is 27.7 Å². The van der Waals surface area contributed by atoms with Gasteiger partial charge in [-0.25, -0.2) is 0 Å². The van der Waals surface area contributed by atoms with Crippen molar-refractivity contribution in [2.45, 2.75) is 46.6 Å². The molecule has 0 bridgehead atoms. The Morgan fingerprint density at radius 1 is 1.33 bits per heavy atom. The van der Waals surface area contributed by atoms with Gasteiger partial charge in [0.2, 0.25) is 0 Å². The minimum Gasteiger partial charge on any atom is -0.308 e. The molecule has 0 aromatic carbocycles. The average Bonchev–Trinajstić information content (AvgIpc) is 2.01. The third-order valence-electron chi connectivity index (χ3n) is 1.89. The van der Waals surface area contributed by atoms with E-state index in [9.17, 15) is 4.79 Å². The highest BCUT2D eigenvalue weighted by molar-refractivity contribution is 5.83.